The maximum absolute atomic E-state index is 14.4. The number of pyridine rings is 1. The van der Waals surface area contributed by atoms with Gasteiger partial charge in [-0.2, -0.15) is 5.10 Å². The topological polar surface area (TPSA) is 124 Å². The maximum atomic E-state index is 14.4. The van der Waals surface area contributed by atoms with E-state index in [0.29, 0.717) is 35.8 Å². The molecular weight excluding hydrogens is 580 g/mol. The molecule has 2 aliphatic rings. The zero-order chi connectivity index (χ0) is 30.5. The van der Waals surface area contributed by atoms with Gasteiger partial charge in [-0.05, 0) is 55.9 Å². The molecule has 4 heterocycles. The predicted octanol–water partition coefficient (Wildman–Crippen LogP) is 5.13. The number of hydrogen-bond acceptors (Lipinski definition) is 8. The average molecular weight is 614 g/mol. The Labute approximate surface area is 247 Å². The van der Waals surface area contributed by atoms with Gasteiger partial charge in [0.25, 0.3) is 6.43 Å². The van der Waals surface area contributed by atoms with E-state index in [-0.39, 0.29) is 29.3 Å². The fourth-order valence-electron chi connectivity index (χ4n) is 5.38. The molecule has 1 unspecified atom stereocenters. The van der Waals surface area contributed by atoms with Crippen LogP contribution in [0.5, 0.6) is 0 Å². The van der Waals surface area contributed by atoms with Gasteiger partial charge in [-0.25, -0.2) is 27.2 Å². The fourth-order valence-corrected chi connectivity index (χ4v) is 5.89. The molecule has 1 aliphatic heterocycles. The molecule has 0 radical (unpaired) electrons. The van der Waals surface area contributed by atoms with Crippen molar-refractivity contribution in [1.82, 2.24) is 24.3 Å². The molecule has 0 bridgehead atoms. The zero-order valence-corrected chi connectivity index (χ0v) is 24.9. The quantitative estimate of drug-likeness (QED) is 0.261. The standard InChI is InChI=1S/C29H33F2N7O4S/c1-36-16-19(15-32-36)18-9-10-21(23(12-18)37(2)43(3,40)41)34-22-13-20(14-24(39)17-7-8-17)33-28-26(22)35-29(27(30)31)38(28)25-6-4-5-11-42-25/h9-10,12-13,15-17,25,27H,4-8,11,14H2,1-3H3,(H,33,34). The van der Waals surface area contributed by atoms with Gasteiger partial charge >= 0.3 is 0 Å². The molecule has 3 aromatic heterocycles. The maximum Gasteiger partial charge on any atom is 0.295 e. The summed E-state index contributed by atoms with van der Waals surface area (Å²) in [6, 6.07) is 6.88. The molecule has 11 nitrogen and oxygen atoms in total. The highest BCUT2D eigenvalue weighted by Gasteiger charge is 2.32. The van der Waals surface area contributed by atoms with Crippen LogP contribution in [-0.2, 0) is 33.0 Å². The van der Waals surface area contributed by atoms with Crippen molar-refractivity contribution in [3.8, 4) is 11.1 Å². The summed E-state index contributed by atoms with van der Waals surface area (Å²) >= 11 is 0. The first kappa shape index (κ1) is 29.2. The molecule has 6 rings (SSSR count). The predicted molar refractivity (Wildman–Crippen MR) is 158 cm³/mol. The van der Waals surface area contributed by atoms with Crippen molar-refractivity contribution in [1.29, 1.82) is 0 Å². The SMILES string of the molecule is CN(c1cc(-c2cnn(C)c2)ccc1Nc1cc(CC(=O)C2CC2)nc2c1nc(C(F)F)n2C1CCCCO1)S(C)(=O)=O. The number of aryl methyl sites for hydroxylation is 1. The highest BCUT2D eigenvalue weighted by atomic mass is 32.2. The van der Waals surface area contributed by atoms with Crippen LogP contribution in [0.25, 0.3) is 22.3 Å². The van der Waals surface area contributed by atoms with E-state index >= 15 is 0 Å². The van der Waals surface area contributed by atoms with E-state index in [2.05, 4.69) is 20.4 Å². The summed E-state index contributed by atoms with van der Waals surface area (Å²) in [4.78, 5) is 21.8. The Bertz CT molecular complexity index is 1790. The summed E-state index contributed by atoms with van der Waals surface area (Å²) in [6.07, 6.45) is 4.91. The van der Waals surface area contributed by atoms with Gasteiger partial charge in [0.2, 0.25) is 10.0 Å². The molecule has 1 N–H and O–H groups in total. The van der Waals surface area contributed by atoms with Gasteiger partial charge in [-0.1, -0.05) is 6.07 Å². The van der Waals surface area contributed by atoms with E-state index in [9.17, 15) is 22.0 Å². The van der Waals surface area contributed by atoms with Gasteiger partial charge in [0.15, 0.2) is 11.5 Å². The van der Waals surface area contributed by atoms with Crippen LogP contribution in [0.2, 0.25) is 0 Å². The second kappa shape index (κ2) is 11.3. The monoisotopic (exact) mass is 613 g/mol. The van der Waals surface area contributed by atoms with Crippen molar-refractivity contribution >= 4 is 44.0 Å². The highest BCUT2D eigenvalue weighted by Crippen LogP contribution is 2.39. The number of rotatable bonds is 10. The number of fused-ring (bicyclic) bond motifs is 1. The number of ether oxygens (including phenoxy) is 1. The molecule has 0 spiro atoms. The number of nitrogens with zero attached hydrogens (tertiary/aromatic N) is 6. The summed E-state index contributed by atoms with van der Waals surface area (Å²) in [5.74, 6) is -0.430. The van der Waals surface area contributed by atoms with E-state index < -0.39 is 28.5 Å². The Balaban J connectivity index is 1.50. The number of carbonyl (C=O) groups excluding carboxylic acids is 1. The number of nitrogens with one attached hydrogen (secondary N) is 1. The molecule has 1 saturated carbocycles. The molecule has 43 heavy (non-hydrogen) atoms. The first-order valence-corrected chi connectivity index (χ1v) is 16.0. The van der Waals surface area contributed by atoms with Gasteiger partial charge in [-0.3, -0.25) is 18.3 Å². The molecule has 0 amide bonds. The number of halogens is 2. The Morgan fingerprint density at radius 1 is 1.14 bits per heavy atom. The molecule has 14 heteroatoms. The van der Waals surface area contributed by atoms with Crippen LogP contribution in [0.3, 0.4) is 0 Å². The molecule has 2 fully saturated rings. The number of anilines is 3. The van der Waals surface area contributed by atoms with Crippen LogP contribution >= 0.6 is 0 Å². The molecular formula is C29H33F2N7O4S. The van der Waals surface area contributed by atoms with Crippen molar-refractivity contribution in [2.45, 2.75) is 51.2 Å². The first-order valence-electron chi connectivity index (χ1n) is 14.2. The van der Waals surface area contributed by atoms with Crippen molar-refractivity contribution in [2.24, 2.45) is 13.0 Å². The third-order valence-electron chi connectivity index (χ3n) is 7.90. The van der Waals surface area contributed by atoms with Crippen LogP contribution in [0.15, 0.2) is 36.7 Å². The van der Waals surface area contributed by atoms with Crippen molar-refractivity contribution in [3.05, 3.63) is 48.2 Å². The lowest BCUT2D eigenvalue weighted by atomic mass is 10.1. The number of aromatic nitrogens is 5. The Morgan fingerprint density at radius 2 is 1.93 bits per heavy atom. The first-order chi connectivity index (χ1) is 20.5. The second-order valence-corrected chi connectivity index (χ2v) is 13.2. The minimum absolute atomic E-state index is 0.00727. The number of sulfonamides is 1. The molecule has 1 aliphatic carbocycles. The third-order valence-corrected chi connectivity index (χ3v) is 9.09. The summed E-state index contributed by atoms with van der Waals surface area (Å²) in [7, 11) is -0.457. The molecule has 1 saturated heterocycles. The van der Waals surface area contributed by atoms with Gasteiger partial charge < -0.3 is 10.1 Å². The summed E-state index contributed by atoms with van der Waals surface area (Å²) in [6.45, 7) is 0.433. The van der Waals surface area contributed by atoms with Crippen LogP contribution in [-0.4, -0.2) is 58.4 Å². The summed E-state index contributed by atoms with van der Waals surface area (Å²) < 4.78 is 64.1. The normalized spacial score (nSPS) is 17.5. The van der Waals surface area contributed by atoms with E-state index in [4.69, 9.17) is 4.74 Å². The van der Waals surface area contributed by atoms with Crippen molar-refractivity contribution in [2.75, 3.05) is 29.5 Å². The Kier molecular flexibility index (Phi) is 7.67. The van der Waals surface area contributed by atoms with Crippen molar-refractivity contribution < 1.29 is 26.7 Å². The molecule has 228 valence electrons. The number of alkyl halides is 2. The second-order valence-electron chi connectivity index (χ2n) is 11.2. The minimum atomic E-state index is -3.68. The fraction of sp³-hybridized carbons (Fsp3) is 0.448. The van der Waals surface area contributed by atoms with Gasteiger partial charge in [0, 0.05) is 44.8 Å². The van der Waals surface area contributed by atoms with Crippen LogP contribution in [0.1, 0.15) is 56.3 Å². The number of hydrogen-bond donors (Lipinski definition) is 1. The zero-order valence-electron chi connectivity index (χ0n) is 24.1. The Morgan fingerprint density at radius 3 is 2.56 bits per heavy atom. The highest BCUT2D eigenvalue weighted by molar-refractivity contribution is 7.92. The lowest BCUT2D eigenvalue weighted by Gasteiger charge is -2.25. The van der Waals surface area contributed by atoms with Gasteiger partial charge in [0.05, 0.1) is 35.2 Å². The van der Waals surface area contributed by atoms with Crippen LogP contribution in [0.4, 0.5) is 25.8 Å². The molecule has 1 aromatic carbocycles. The minimum Gasteiger partial charge on any atom is -0.358 e. The number of imidazole rings is 1. The number of benzene rings is 1. The van der Waals surface area contributed by atoms with Gasteiger partial charge in [-0.15, -0.1) is 0 Å². The molecule has 4 aromatic rings. The third kappa shape index (κ3) is 5.98. The van der Waals surface area contributed by atoms with E-state index in [0.717, 1.165) is 47.4 Å². The Hall–Kier alpha value is -3.91. The van der Waals surface area contributed by atoms with Crippen LogP contribution < -0.4 is 9.62 Å². The largest absolute Gasteiger partial charge is 0.358 e. The smallest absolute Gasteiger partial charge is 0.295 e. The van der Waals surface area contributed by atoms with E-state index in [1.807, 2.05) is 12.3 Å². The van der Waals surface area contributed by atoms with E-state index in [1.165, 1.54) is 11.6 Å². The van der Waals surface area contributed by atoms with E-state index in [1.54, 1.807) is 36.1 Å². The summed E-state index contributed by atoms with van der Waals surface area (Å²) in [5.41, 5.74) is 3.36. The lowest BCUT2D eigenvalue weighted by molar-refractivity contribution is -0.119. The van der Waals surface area contributed by atoms with Crippen molar-refractivity contribution in [3.63, 3.8) is 0 Å². The van der Waals surface area contributed by atoms with Crippen LogP contribution in [0, 0.1) is 5.92 Å². The van der Waals surface area contributed by atoms with Gasteiger partial charge in [0.1, 0.15) is 17.5 Å². The average Bonchev–Trinajstić information content (AvgIpc) is 3.62. The summed E-state index contributed by atoms with van der Waals surface area (Å²) in [5, 5.41) is 7.46. The number of ketones is 1. The molecule has 1 atom stereocenters. The lowest BCUT2D eigenvalue weighted by Crippen LogP contribution is -2.25. The number of carbonyl (C=O) groups is 1. The number of Topliss-reactive ketones (excluding diaryl/α,β-unsaturated/α-hetero) is 1.